The number of benzene rings is 3. The van der Waals surface area contributed by atoms with Crippen LogP contribution in [-0.2, 0) is 16.4 Å². The van der Waals surface area contributed by atoms with Crippen LogP contribution in [0.5, 0.6) is 5.75 Å². The summed E-state index contributed by atoms with van der Waals surface area (Å²) in [6, 6.07) is 18.9. The molecule has 1 amide bonds. The zero-order valence-corrected chi connectivity index (χ0v) is 21.6. The molecular formula is C28H31N3O5S. The van der Waals surface area contributed by atoms with Gasteiger partial charge in [-0.05, 0) is 59.9 Å². The molecule has 4 rings (SSSR count). The Labute approximate surface area is 216 Å². The van der Waals surface area contributed by atoms with E-state index in [9.17, 15) is 18.3 Å². The van der Waals surface area contributed by atoms with Crippen molar-refractivity contribution in [3.05, 3.63) is 84.1 Å². The molecule has 194 valence electrons. The number of carbonyl (C=O) groups is 1. The van der Waals surface area contributed by atoms with E-state index in [-0.39, 0.29) is 23.2 Å². The number of amides is 1. The van der Waals surface area contributed by atoms with Gasteiger partial charge < -0.3 is 20.1 Å². The molecule has 9 heteroatoms. The molecule has 0 bridgehead atoms. The van der Waals surface area contributed by atoms with Gasteiger partial charge in [-0.1, -0.05) is 43.3 Å². The first-order valence-electron chi connectivity index (χ1n) is 12.1. The van der Waals surface area contributed by atoms with Crippen LogP contribution in [0.3, 0.4) is 0 Å². The molecule has 0 aliphatic rings. The van der Waals surface area contributed by atoms with Crippen molar-refractivity contribution in [2.75, 3.05) is 20.3 Å². The van der Waals surface area contributed by atoms with Gasteiger partial charge >= 0.3 is 0 Å². The highest BCUT2D eigenvalue weighted by molar-refractivity contribution is 7.89. The number of ether oxygens (including phenoxy) is 1. The number of para-hydroxylation sites is 1. The second kappa shape index (κ2) is 11.6. The topological polar surface area (TPSA) is 121 Å². The van der Waals surface area contributed by atoms with E-state index < -0.39 is 16.1 Å². The fraction of sp³-hybridized carbons (Fsp3) is 0.250. The molecule has 37 heavy (non-hydrogen) atoms. The van der Waals surface area contributed by atoms with Gasteiger partial charge in [0, 0.05) is 35.8 Å². The minimum atomic E-state index is -4.05. The van der Waals surface area contributed by atoms with Crippen molar-refractivity contribution in [1.29, 1.82) is 0 Å². The van der Waals surface area contributed by atoms with Crippen LogP contribution in [0.1, 0.15) is 29.3 Å². The lowest BCUT2D eigenvalue weighted by Crippen LogP contribution is -2.39. The van der Waals surface area contributed by atoms with E-state index in [1.807, 2.05) is 37.4 Å². The van der Waals surface area contributed by atoms with Crippen molar-refractivity contribution in [3.63, 3.8) is 0 Å². The molecule has 0 saturated carbocycles. The normalized spacial score (nSPS) is 12.4. The second-order valence-corrected chi connectivity index (χ2v) is 10.4. The molecule has 1 atom stereocenters. The lowest BCUT2D eigenvalue weighted by molar-refractivity contribution is 0.0963. The Morgan fingerprint density at radius 1 is 1.05 bits per heavy atom. The van der Waals surface area contributed by atoms with Crippen LogP contribution >= 0.6 is 0 Å². The van der Waals surface area contributed by atoms with Gasteiger partial charge in [-0.15, -0.1) is 0 Å². The van der Waals surface area contributed by atoms with E-state index in [1.54, 1.807) is 49.5 Å². The standard InChI is InChI=1S/C28H31N3O5S/c1-3-14-36-26-13-12-21(19-8-10-20(11-9-19)28(33)29-2)16-27(26)37(34,35)31-23(18-32)15-22-17-30-25-7-5-4-6-24(22)25/h4-13,16-17,23,30-32H,3,14-15,18H2,1-2H3,(H,29,33). The Morgan fingerprint density at radius 2 is 1.78 bits per heavy atom. The fourth-order valence-corrected chi connectivity index (χ4v) is 5.58. The zero-order chi connectivity index (χ0) is 26.4. The summed E-state index contributed by atoms with van der Waals surface area (Å²) in [5.74, 6) is 0.0384. The van der Waals surface area contributed by atoms with Crippen molar-refractivity contribution < 1.29 is 23.1 Å². The van der Waals surface area contributed by atoms with Gasteiger partial charge in [0.2, 0.25) is 10.0 Å². The molecule has 8 nitrogen and oxygen atoms in total. The first-order valence-corrected chi connectivity index (χ1v) is 13.6. The number of aliphatic hydroxyl groups excluding tert-OH is 1. The maximum Gasteiger partial charge on any atom is 0.251 e. The third-order valence-electron chi connectivity index (χ3n) is 6.09. The molecule has 1 heterocycles. The van der Waals surface area contributed by atoms with Crippen LogP contribution < -0.4 is 14.8 Å². The molecule has 1 aromatic heterocycles. The number of fused-ring (bicyclic) bond motifs is 1. The molecule has 3 aromatic carbocycles. The van der Waals surface area contributed by atoms with Crippen molar-refractivity contribution in [3.8, 4) is 16.9 Å². The summed E-state index contributed by atoms with van der Waals surface area (Å²) in [5, 5.41) is 13.6. The molecule has 4 N–H and O–H groups in total. The zero-order valence-electron chi connectivity index (χ0n) is 20.8. The van der Waals surface area contributed by atoms with Gasteiger partial charge in [-0.2, -0.15) is 0 Å². The average molecular weight is 522 g/mol. The largest absolute Gasteiger partial charge is 0.492 e. The predicted octanol–water partition coefficient (Wildman–Crippen LogP) is 3.87. The number of aromatic nitrogens is 1. The Kier molecular flexibility index (Phi) is 8.27. The van der Waals surface area contributed by atoms with E-state index in [1.165, 1.54) is 0 Å². The van der Waals surface area contributed by atoms with Gasteiger partial charge in [0.15, 0.2) is 0 Å². The highest BCUT2D eigenvalue weighted by Gasteiger charge is 2.25. The van der Waals surface area contributed by atoms with Crippen LogP contribution in [0, 0.1) is 0 Å². The third-order valence-corrected chi connectivity index (χ3v) is 7.63. The lowest BCUT2D eigenvalue weighted by atomic mass is 10.0. The quantitative estimate of drug-likeness (QED) is 0.239. The molecule has 0 radical (unpaired) electrons. The Hall–Kier alpha value is -3.66. The number of rotatable bonds is 11. The van der Waals surface area contributed by atoms with Gasteiger partial charge in [-0.3, -0.25) is 4.79 Å². The van der Waals surface area contributed by atoms with Gasteiger partial charge in [0.25, 0.3) is 5.91 Å². The number of hydrogen-bond acceptors (Lipinski definition) is 5. The minimum absolute atomic E-state index is 0.00814. The van der Waals surface area contributed by atoms with Gasteiger partial charge in [0.05, 0.1) is 13.2 Å². The van der Waals surface area contributed by atoms with Crippen molar-refractivity contribution >= 4 is 26.8 Å². The number of sulfonamides is 1. The monoisotopic (exact) mass is 521 g/mol. The van der Waals surface area contributed by atoms with Crippen LogP contribution in [0.15, 0.2) is 77.8 Å². The summed E-state index contributed by atoms with van der Waals surface area (Å²) >= 11 is 0. The second-order valence-electron chi connectivity index (χ2n) is 8.73. The van der Waals surface area contributed by atoms with E-state index in [4.69, 9.17) is 4.74 Å². The number of H-pyrrole nitrogens is 1. The summed E-state index contributed by atoms with van der Waals surface area (Å²) in [5.41, 5.74) is 3.77. The van der Waals surface area contributed by atoms with Crippen molar-refractivity contribution in [2.24, 2.45) is 0 Å². The third kappa shape index (κ3) is 6.02. The maximum atomic E-state index is 13.6. The number of carbonyl (C=O) groups excluding carboxylic acids is 1. The SMILES string of the molecule is CCCOc1ccc(-c2ccc(C(=O)NC)cc2)cc1S(=O)(=O)NC(CO)Cc1c[nH]c2ccccc12. The summed E-state index contributed by atoms with van der Waals surface area (Å²) in [7, 11) is -2.49. The van der Waals surface area contributed by atoms with Gasteiger partial charge in [-0.25, -0.2) is 13.1 Å². The van der Waals surface area contributed by atoms with Crippen LogP contribution in [0.4, 0.5) is 0 Å². The number of aliphatic hydroxyl groups is 1. The van der Waals surface area contributed by atoms with E-state index in [0.29, 0.717) is 24.2 Å². The number of hydrogen-bond donors (Lipinski definition) is 4. The smallest absolute Gasteiger partial charge is 0.251 e. The molecule has 0 fully saturated rings. The predicted molar refractivity (Wildman–Crippen MR) is 144 cm³/mol. The molecule has 0 aliphatic heterocycles. The van der Waals surface area contributed by atoms with Crippen molar-refractivity contribution in [2.45, 2.75) is 30.7 Å². The average Bonchev–Trinajstić information content (AvgIpc) is 3.33. The maximum absolute atomic E-state index is 13.6. The van der Waals surface area contributed by atoms with Crippen molar-refractivity contribution in [1.82, 2.24) is 15.0 Å². The molecule has 0 aliphatic carbocycles. The summed E-state index contributed by atoms with van der Waals surface area (Å²) in [6.07, 6.45) is 2.86. The highest BCUT2D eigenvalue weighted by Crippen LogP contribution is 2.31. The molecule has 4 aromatic rings. The number of aromatic amines is 1. The van der Waals surface area contributed by atoms with Crippen LogP contribution in [-0.4, -0.2) is 50.7 Å². The minimum Gasteiger partial charge on any atom is -0.492 e. The fourth-order valence-electron chi connectivity index (χ4n) is 4.18. The summed E-state index contributed by atoms with van der Waals surface area (Å²) in [6.45, 7) is 1.93. The number of nitrogens with one attached hydrogen (secondary N) is 3. The summed E-state index contributed by atoms with van der Waals surface area (Å²) in [4.78, 5) is 15.0. The molecular weight excluding hydrogens is 490 g/mol. The van der Waals surface area contributed by atoms with E-state index in [0.717, 1.165) is 28.5 Å². The molecule has 0 saturated heterocycles. The lowest BCUT2D eigenvalue weighted by Gasteiger charge is -2.19. The molecule has 1 unspecified atom stereocenters. The Morgan fingerprint density at radius 3 is 2.49 bits per heavy atom. The first-order chi connectivity index (χ1) is 17.9. The Balaban J connectivity index is 1.64. The van der Waals surface area contributed by atoms with Gasteiger partial charge in [0.1, 0.15) is 10.6 Å². The highest BCUT2D eigenvalue weighted by atomic mass is 32.2. The van der Waals surface area contributed by atoms with Crippen LogP contribution in [0.2, 0.25) is 0 Å². The summed E-state index contributed by atoms with van der Waals surface area (Å²) < 4.78 is 35.6. The first kappa shape index (κ1) is 26.4. The van der Waals surface area contributed by atoms with Crippen LogP contribution in [0.25, 0.3) is 22.0 Å². The Bertz CT molecular complexity index is 1480. The molecule has 0 spiro atoms. The van der Waals surface area contributed by atoms with E-state index in [2.05, 4.69) is 15.0 Å². The van der Waals surface area contributed by atoms with E-state index >= 15 is 0 Å².